The number of aryl methyl sites for hydroxylation is 3. The van der Waals surface area contributed by atoms with E-state index in [2.05, 4.69) is 10.6 Å². The zero-order valence-electron chi connectivity index (χ0n) is 17.7. The first-order valence-corrected chi connectivity index (χ1v) is 9.94. The van der Waals surface area contributed by atoms with Gasteiger partial charge >= 0.3 is 12.0 Å². The van der Waals surface area contributed by atoms with E-state index in [0.29, 0.717) is 22.9 Å². The first-order chi connectivity index (χ1) is 14.2. The summed E-state index contributed by atoms with van der Waals surface area (Å²) in [4.78, 5) is 24.5. The molecule has 2 N–H and O–H groups in total. The Labute approximate surface area is 181 Å². The van der Waals surface area contributed by atoms with Crippen molar-refractivity contribution >= 4 is 23.6 Å². The van der Waals surface area contributed by atoms with Crippen LogP contribution in [0.1, 0.15) is 40.8 Å². The predicted molar refractivity (Wildman–Crippen MR) is 116 cm³/mol. The van der Waals surface area contributed by atoms with Gasteiger partial charge in [-0.3, -0.25) is 0 Å². The molecule has 0 spiro atoms. The number of carbonyl (C=O) groups is 2. The molecule has 2 aromatic carbocycles. The largest absolute Gasteiger partial charge is 0.489 e. The quantitative estimate of drug-likeness (QED) is 0.680. The average Bonchev–Trinajstić information content (AvgIpc) is 2.67. The van der Waals surface area contributed by atoms with Crippen molar-refractivity contribution in [1.82, 2.24) is 10.6 Å². The van der Waals surface area contributed by atoms with Crippen LogP contribution in [0.15, 0.2) is 41.6 Å². The van der Waals surface area contributed by atoms with Gasteiger partial charge in [0.1, 0.15) is 12.4 Å². The second-order valence-electron chi connectivity index (χ2n) is 7.40. The minimum Gasteiger partial charge on any atom is -0.489 e. The summed E-state index contributed by atoms with van der Waals surface area (Å²) in [6.07, 6.45) is 0. The molecule has 0 radical (unpaired) electrons. The maximum Gasteiger partial charge on any atom is 0.337 e. The highest BCUT2D eigenvalue weighted by Gasteiger charge is 2.33. The molecule has 2 aromatic rings. The fourth-order valence-electron chi connectivity index (χ4n) is 3.62. The third-order valence-corrected chi connectivity index (χ3v) is 5.47. The van der Waals surface area contributed by atoms with E-state index < -0.39 is 12.0 Å². The Balaban J connectivity index is 1.96. The van der Waals surface area contributed by atoms with E-state index in [4.69, 9.17) is 21.1 Å². The zero-order chi connectivity index (χ0) is 22.0. The SMILES string of the molecule is COC(=O)C1=C(C)NC(=O)NC1c1cc(COc2ccc(Cl)cc2C)c(C)cc1C. The lowest BCUT2D eigenvalue weighted by Crippen LogP contribution is -2.45. The molecule has 7 heteroatoms. The van der Waals surface area contributed by atoms with E-state index in [1.54, 1.807) is 13.0 Å². The summed E-state index contributed by atoms with van der Waals surface area (Å²) in [5.41, 5.74) is 5.60. The van der Waals surface area contributed by atoms with Crippen LogP contribution < -0.4 is 15.4 Å². The molecule has 1 unspecified atom stereocenters. The molecular formula is C23H25ClN2O4. The first kappa shape index (κ1) is 21.7. The second kappa shape index (κ2) is 8.79. The standard InChI is InChI=1S/C23H25ClN2O4/c1-12-8-13(2)18(21-20(22(27)29-5)15(4)25-23(28)26-21)10-16(12)11-30-19-7-6-17(24)9-14(19)3/h6-10,21H,11H2,1-5H3,(H2,25,26,28). The first-order valence-electron chi connectivity index (χ1n) is 9.56. The monoisotopic (exact) mass is 428 g/mol. The Morgan fingerprint density at radius 1 is 1.07 bits per heavy atom. The number of halogens is 1. The molecule has 158 valence electrons. The van der Waals surface area contributed by atoms with Gasteiger partial charge in [-0.2, -0.15) is 0 Å². The zero-order valence-corrected chi connectivity index (χ0v) is 18.4. The van der Waals surface area contributed by atoms with Crippen LogP contribution in [0.2, 0.25) is 5.02 Å². The van der Waals surface area contributed by atoms with Crippen LogP contribution in [0.3, 0.4) is 0 Å². The lowest BCUT2D eigenvalue weighted by molar-refractivity contribution is -0.136. The molecule has 0 bridgehead atoms. The number of esters is 1. The number of methoxy groups -OCH3 is 1. The Hall–Kier alpha value is -2.99. The summed E-state index contributed by atoms with van der Waals surface area (Å²) >= 11 is 6.02. The van der Waals surface area contributed by atoms with E-state index in [0.717, 1.165) is 33.6 Å². The maximum atomic E-state index is 12.4. The molecule has 0 fully saturated rings. The molecule has 0 saturated carbocycles. The number of allylic oxidation sites excluding steroid dienone is 1. The second-order valence-corrected chi connectivity index (χ2v) is 7.83. The maximum absolute atomic E-state index is 12.4. The van der Waals surface area contributed by atoms with Crippen LogP contribution in [-0.2, 0) is 16.1 Å². The number of hydrogen-bond acceptors (Lipinski definition) is 4. The highest BCUT2D eigenvalue weighted by molar-refractivity contribution is 6.30. The van der Waals surface area contributed by atoms with Gasteiger partial charge in [-0.15, -0.1) is 0 Å². The number of nitrogens with one attached hydrogen (secondary N) is 2. The fraction of sp³-hybridized carbons (Fsp3) is 0.304. The molecule has 1 heterocycles. The van der Waals surface area contributed by atoms with Crippen LogP contribution >= 0.6 is 11.6 Å². The van der Waals surface area contributed by atoms with E-state index in [9.17, 15) is 9.59 Å². The molecule has 1 aliphatic rings. The van der Waals surface area contributed by atoms with Gasteiger partial charge < -0.3 is 20.1 Å². The number of rotatable bonds is 5. The Morgan fingerprint density at radius 2 is 1.80 bits per heavy atom. The number of benzene rings is 2. The number of urea groups is 1. The van der Waals surface area contributed by atoms with Crippen molar-refractivity contribution in [2.75, 3.05) is 7.11 Å². The number of amides is 2. The molecule has 3 rings (SSSR count). The van der Waals surface area contributed by atoms with Gasteiger partial charge in [0.15, 0.2) is 0 Å². The highest BCUT2D eigenvalue weighted by Crippen LogP contribution is 2.32. The lowest BCUT2D eigenvalue weighted by atomic mass is 9.89. The minimum atomic E-state index is -0.609. The molecule has 2 amide bonds. The summed E-state index contributed by atoms with van der Waals surface area (Å²) in [7, 11) is 1.33. The Kier molecular flexibility index (Phi) is 6.37. The molecule has 1 atom stereocenters. The van der Waals surface area contributed by atoms with E-state index in [-0.39, 0.29) is 6.03 Å². The molecule has 0 saturated heterocycles. The van der Waals surface area contributed by atoms with Crippen LogP contribution in [0.25, 0.3) is 0 Å². The normalized spacial score (nSPS) is 16.1. The van der Waals surface area contributed by atoms with Crippen molar-refractivity contribution in [3.05, 3.63) is 74.4 Å². The van der Waals surface area contributed by atoms with Crippen molar-refractivity contribution in [1.29, 1.82) is 0 Å². The third-order valence-electron chi connectivity index (χ3n) is 5.23. The fourth-order valence-corrected chi connectivity index (χ4v) is 3.85. The van der Waals surface area contributed by atoms with Crippen molar-refractivity contribution in [2.24, 2.45) is 0 Å². The Bertz CT molecular complexity index is 1050. The lowest BCUT2D eigenvalue weighted by Gasteiger charge is -2.29. The third kappa shape index (κ3) is 4.44. The Morgan fingerprint density at radius 3 is 2.47 bits per heavy atom. The topological polar surface area (TPSA) is 76.7 Å². The van der Waals surface area contributed by atoms with Crippen molar-refractivity contribution in [3.8, 4) is 5.75 Å². The van der Waals surface area contributed by atoms with Gasteiger partial charge in [0.25, 0.3) is 0 Å². The van der Waals surface area contributed by atoms with Gasteiger partial charge in [0.05, 0.1) is 18.7 Å². The van der Waals surface area contributed by atoms with Crippen LogP contribution in [0.5, 0.6) is 5.75 Å². The number of carbonyl (C=O) groups excluding carboxylic acids is 2. The number of ether oxygens (including phenoxy) is 2. The van der Waals surface area contributed by atoms with Gasteiger partial charge in [-0.05, 0) is 79.8 Å². The highest BCUT2D eigenvalue weighted by atomic mass is 35.5. The van der Waals surface area contributed by atoms with Crippen LogP contribution in [0, 0.1) is 20.8 Å². The smallest absolute Gasteiger partial charge is 0.337 e. The van der Waals surface area contributed by atoms with Crippen LogP contribution in [0.4, 0.5) is 4.79 Å². The van der Waals surface area contributed by atoms with E-state index >= 15 is 0 Å². The van der Waals surface area contributed by atoms with Gasteiger partial charge in [-0.1, -0.05) is 17.7 Å². The summed E-state index contributed by atoms with van der Waals surface area (Å²) in [5, 5.41) is 6.14. The number of hydrogen-bond donors (Lipinski definition) is 2. The summed E-state index contributed by atoms with van der Waals surface area (Å²) < 4.78 is 11.0. The van der Waals surface area contributed by atoms with Crippen molar-refractivity contribution in [2.45, 2.75) is 40.3 Å². The molecular weight excluding hydrogens is 404 g/mol. The minimum absolute atomic E-state index is 0.344. The van der Waals surface area contributed by atoms with Crippen molar-refractivity contribution < 1.29 is 19.1 Å². The average molecular weight is 429 g/mol. The summed E-state index contributed by atoms with van der Waals surface area (Å²) in [6, 6.07) is 8.52. The summed E-state index contributed by atoms with van der Waals surface area (Å²) in [6.45, 7) is 7.93. The summed E-state index contributed by atoms with van der Waals surface area (Å²) in [5.74, 6) is 0.265. The van der Waals surface area contributed by atoms with Gasteiger partial charge in [0, 0.05) is 10.7 Å². The molecule has 0 aliphatic carbocycles. The predicted octanol–water partition coefficient (Wildman–Crippen LogP) is 4.65. The molecule has 6 nitrogen and oxygen atoms in total. The van der Waals surface area contributed by atoms with Crippen molar-refractivity contribution in [3.63, 3.8) is 0 Å². The van der Waals surface area contributed by atoms with E-state index in [1.165, 1.54) is 7.11 Å². The van der Waals surface area contributed by atoms with Gasteiger partial charge in [-0.25, -0.2) is 9.59 Å². The molecule has 0 aromatic heterocycles. The molecule has 30 heavy (non-hydrogen) atoms. The van der Waals surface area contributed by atoms with Gasteiger partial charge in [0.2, 0.25) is 0 Å². The van der Waals surface area contributed by atoms with E-state index in [1.807, 2.05) is 45.0 Å². The molecule has 1 aliphatic heterocycles. The van der Waals surface area contributed by atoms with Crippen LogP contribution in [-0.4, -0.2) is 19.1 Å².